The molecule has 1 aliphatic heterocycles. The third-order valence-electron chi connectivity index (χ3n) is 7.96. The first kappa shape index (κ1) is 28.8. The molecule has 1 saturated heterocycles. The van der Waals surface area contributed by atoms with Gasteiger partial charge in [0.1, 0.15) is 11.4 Å². The van der Waals surface area contributed by atoms with Gasteiger partial charge in [0, 0.05) is 12.0 Å². The number of hydrogen-bond acceptors (Lipinski definition) is 5. The highest BCUT2D eigenvalue weighted by molar-refractivity contribution is 7.91. The number of ether oxygens (including phenoxy) is 2. The molecule has 1 unspecified atom stereocenters. The van der Waals surface area contributed by atoms with Crippen molar-refractivity contribution in [1.82, 2.24) is 0 Å². The van der Waals surface area contributed by atoms with Crippen molar-refractivity contribution >= 4 is 15.8 Å². The molecule has 0 N–H and O–H groups in total. The molecule has 4 aromatic carbocycles. The first-order valence-electron chi connectivity index (χ1n) is 14.2. The third kappa shape index (κ3) is 7.13. The van der Waals surface area contributed by atoms with Crippen molar-refractivity contribution in [3.8, 4) is 0 Å². The molecular formula is C35H36O5S. The molecule has 0 saturated carbocycles. The standard InChI is InChI=1S/C35H36O5S/c36-34(24-32(30-18-9-3-10-19-30)41(37,38)31-20-11-4-12-21-31)40-33-27-39-23-13-22-35(33,25-28-14-5-1-6-15-28)26-29-16-7-2-8-17-29/h1-12,14-21,32-33H,13,22-27H2/t32?,33-/m1/s1. The highest BCUT2D eigenvalue weighted by Crippen LogP contribution is 2.41. The highest BCUT2D eigenvalue weighted by atomic mass is 32.2. The molecule has 41 heavy (non-hydrogen) atoms. The molecule has 212 valence electrons. The minimum absolute atomic E-state index is 0.182. The van der Waals surface area contributed by atoms with E-state index in [1.165, 1.54) is 11.1 Å². The average molecular weight is 569 g/mol. The summed E-state index contributed by atoms with van der Waals surface area (Å²) < 4.78 is 39.8. The van der Waals surface area contributed by atoms with E-state index >= 15 is 0 Å². The Hall–Kier alpha value is -3.74. The fourth-order valence-corrected chi connectivity index (χ4v) is 7.63. The second-order valence-corrected chi connectivity index (χ2v) is 12.9. The second kappa shape index (κ2) is 13.3. The molecule has 5 rings (SSSR count). The van der Waals surface area contributed by atoms with Crippen LogP contribution < -0.4 is 0 Å². The number of hydrogen-bond donors (Lipinski definition) is 0. The summed E-state index contributed by atoms with van der Waals surface area (Å²) in [6, 6.07) is 37.7. The van der Waals surface area contributed by atoms with Crippen LogP contribution in [0, 0.1) is 5.41 Å². The van der Waals surface area contributed by atoms with Crippen molar-refractivity contribution < 1.29 is 22.7 Å². The molecule has 0 radical (unpaired) electrons. The van der Waals surface area contributed by atoms with Crippen molar-refractivity contribution in [3.63, 3.8) is 0 Å². The Bertz CT molecular complexity index is 1450. The second-order valence-electron chi connectivity index (χ2n) is 10.8. The molecule has 0 spiro atoms. The minimum atomic E-state index is -3.86. The van der Waals surface area contributed by atoms with E-state index in [0.29, 0.717) is 25.0 Å². The van der Waals surface area contributed by atoms with Crippen LogP contribution in [0.1, 0.15) is 41.2 Å². The Kier molecular flexibility index (Phi) is 9.32. The van der Waals surface area contributed by atoms with Crippen LogP contribution in [0.3, 0.4) is 0 Å². The summed E-state index contributed by atoms with van der Waals surface area (Å²) in [7, 11) is -3.86. The van der Waals surface area contributed by atoms with Gasteiger partial charge in [-0.15, -0.1) is 0 Å². The Morgan fingerprint density at radius 2 is 1.29 bits per heavy atom. The van der Waals surface area contributed by atoms with E-state index in [2.05, 4.69) is 24.3 Å². The van der Waals surface area contributed by atoms with Gasteiger partial charge in [-0.25, -0.2) is 8.42 Å². The van der Waals surface area contributed by atoms with Crippen molar-refractivity contribution in [2.24, 2.45) is 5.41 Å². The van der Waals surface area contributed by atoms with Gasteiger partial charge in [-0.2, -0.15) is 0 Å². The molecule has 5 nitrogen and oxygen atoms in total. The van der Waals surface area contributed by atoms with E-state index in [9.17, 15) is 13.2 Å². The van der Waals surface area contributed by atoms with Gasteiger partial charge >= 0.3 is 5.97 Å². The maximum Gasteiger partial charge on any atom is 0.307 e. The van der Waals surface area contributed by atoms with E-state index in [-0.39, 0.29) is 17.9 Å². The normalized spacial score (nSPS) is 17.7. The number of rotatable bonds is 10. The van der Waals surface area contributed by atoms with Gasteiger partial charge in [-0.3, -0.25) is 4.79 Å². The smallest absolute Gasteiger partial charge is 0.307 e. The lowest BCUT2D eigenvalue weighted by Gasteiger charge is -2.39. The summed E-state index contributed by atoms with van der Waals surface area (Å²) in [6.45, 7) is 0.862. The van der Waals surface area contributed by atoms with Gasteiger partial charge in [0.15, 0.2) is 9.84 Å². The summed E-state index contributed by atoms with van der Waals surface area (Å²) >= 11 is 0. The molecule has 0 aromatic heterocycles. The number of carbonyl (C=O) groups is 1. The summed E-state index contributed by atoms with van der Waals surface area (Å²) in [4.78, 5) is 13.9. The molecule has 6 heteroatoms. The number of sulfone groups is 1. The summed E-state index contributed by atoms with van der Waals surface area (Å²) in [5.74, 6) is -0.542. The lowest BCUT2D eigenvalue weighted by molar-refractivity contribution is -0.160. The molecule has 0 bridgehead atoms. The zero-order valence-corrected chi connectivity index (χ0v) is 23.9. The number of carbonyl (C=O) groups excluding carboxylic acids is 1. The van der Waals surface area contributed by atoms with Gasteiger partial charge < -0.3 is 9.47 Å². The fourth-order valence-electron chi connectivity index (χ4n) is 5.89. The van der Waals surface area contributed by atoms with Crippen LogP contribution in [0.2, 0.25) is 0 Å². The zero-order chi connectivity index (χ0) is 28.5. The highest BCUT2D eigenvalue weighted by Gasteiger charge is 2.43. The average Bonchev–Trinajstić information content (AvgIpc) is 3.19. The molecule has 0 aliphatic carbocycles. The van der Waals surface area contributed by atoms with Crippen molar-refractivity contribution in [2.45, 2.75) is 48.4 Å². The van der Waals surface area contributed by atoms with E-state index in [1.54, 1.807) is 54.6 Å². The molecule has 4 aromatic rings. The van der Waals surface area contributed by atoms with Crippen LogP contribution in [-0.4, -0.2) is 33.7 Å². The maximum atomic E-state index is 13.8. The van der Waals surface area contributed by atoms with Crippen LogP contribution >= 0.6 is 0 Å². The quantitative estimate of drug-likeness (QED) is 0.197. The molecule has 0 amide bonds. The first-order chi connectivity index (χ1) is 20.0. The zero-order valence-electron chi connectivity index (χ0n) is 23.1. The Labute approximate surface area is 243 Å². The van der Waals surface area contributed by atoms with Crippen LogP contribution in [-0.2, 0) is 36.9 Å². The summed E-state index contributed by atoms with van der Waals surface area (Å²) in [5, 5.41) is -1.07. The monoisotopic (exact) mass is 568 g/mol. The Morgan fingerprint density at radius 1 is 0.780 bits per heavy atom. The van der Waals surface area contributed by atoms with E-state index in [1.807, 2.05) is 42.5 Å². The summed E-state index contributed by atoms with van der Waals surface area (Å²) in [6.07, 6.45) is 2.28. The maximum absolute atomic E-state index is 13.8. The van der Waals surface area contributed by atoms with E-state index in [4.69, 9.17) is 9.47 Å². The largest absolute Gasteiger partial charge is 0.459 e. The van der Waals surface area contributed by atoms with Gasteiger partial charge in [0.05, 0.1) is 17.9 Å². The van der Waals surface area contributed by atoms with Gasteiger partial charge in [0.2, 0.25) is 0 Å². The molecule has 2 atom stereocenters. The Morgan fingerprint density at radius 3 is 1.85 bits per heavy atom. The van der Waals surface area contributed by atoms with Gasteiger partial charge in [-0.1, -0.05) is 109 Å². The predicted octanol–water partition coefficient (Wildman–Crippen LogP) is 6.79. The predicted molar refractivity (Wildman–Crippen MR) is 160 cm³/mol. The van der Waals surface area contributed by atoms with Crippen LogP contribution in [0.15, 0.2) is 126 Å². The van der Waals surface area contributed by atoms with Crippen molar-refractivity contribution in [1.29, 1.82) is 0 Å². The van der Waals surface area contributed by atoms with E-state index < -0.39 is 32.6 Å². The number of esters is 1. The van der Waals surface area contributed by atoms with Crippen LogP contribution in [0.25, 0.3) is 0 Å². The van der Waals surface area contributed by atoms with Crippen molar-refractivity contribution in [3.05, 3.63) is 138 Å². The first-order valence-corrected chi connectivity index (χ1v) is 15.7. The molecule has 1 heterocycles. The van der Waals surface area contributed by atoms with Crippen LogP contribution in [0.4, 0.5) is 0 Å². The minimum Gasteiger partial charge on any atom is -0.459 e. The molecule has 1 fully saturated rings. The molecule has 1 aliphatic rings. The molecular weight excluding hydrogens is 532 g/mol. The van der Waals surface area contributed by atoms with Crippen molar-refractivity contribution in [2.75, 3.05) is 13.2 Å². The van der Waals surface area contributed by atoms with Crippen LogP contribution in [0.5, 0.6) is 0 Å². The lowest BCUT2D eigenvalue weighted by Crippen LogP contribution is -2.44. The fraction of sp³-hybridized carbons (Fsp3) is 0.286. The topological polar surface area (TPSA) is 69.7 Å². The Balaban J connectivity index is 1.46. The summed E-state index contributed by atoms with van der Waals surface area (Å²) in [5.41, 5.74) is 2.49. The number of benzene rings is 4. The van der Waals surface area contributed by atoms with E-state index in [0.717, 1.165) is 12.8 Å². The third-order valence-corrected chi connectivity index (χ3v) is 10.1. The lowest BCUT2D eigenvalue weighted by atomic mass is 9.69. The van der Waals surface area contributed by atoms with Gasteiger partial charge in [0.25, 0.3) is 0 Å². The SMILES string of the molecule is O=C(CC(c1ccccc1)S(=O)(=O)c1ccccc1)O[C@@H]1COCCCC1(Cc1ccccc1)Cc1ccccc1. The van der Waals surface area contributed by atoms with Gasteiger partial charge in [-0.05, 0) is 54.5 Å².